The number of aryl methyl sites for hydroxylation is 1. The molecule has 0 spiro atoms. The molecule has 96 valence electrons. The van der Waals surface area contributed by atoms with Crippen molar-refractivity contribution in [3.05, 3.63) is 53.3 Å². The second-order valence-corrected chi connectivity index (χ2v) is 5.74. The van der Waals surface area contributed by atoms with Crippen LogP contribution in [0, 0.1) is 18.3 Å². The fraction of sp³-hybridized carbons (Fsp3) is 0.294. The number of rotatable bonds is 1. The number of nitrogens with zero attached hydrogens (tertiary/aromatic N) is 2. The van der Waals surface area contributed by atoms with Gasteiger partial charge in [0.25, 0.3) is 0 Å². The van der Waals surface area contributed by atoms with Crippen molar-refractivity contribution in [3.8, 4) is 17.2 Å². The Morgan fingerprint density at radius 2 is 1.74 bits per heavy atom. The molecule has 0 radical (unpaired) electrons. The van der Waals surface area contributed by atoms with E-state index in [1.165, 1.54) is 0 Å². The highest BCUT2D eigenvalue weighted by atomic mass is 14.7. The van der Waals surface area contributed by atoms with Crippen molar-refractivity contribution in [1.29, 1.82) is 5.26 Å². The van der Waals surface area contributed by atoms with Crippen LogP contribution in [-0.2, 0) is 5.41 Å². The predicted molar refractivity (Wildman–Crippen MR) is 77.8 cm³/mol. The maximum Gasteiger partial charge on any atom is 0.102 e. The first-order valence-electron chi connectivity index (χ1n) is 6.41. The summed E-state index contributed by atoms with van der Waals surface area (Å²) in [6.07, 6.45) is 0. The highest BCUT2D eigenvalue weighted by Crippen LogP contribution is 2.30. The van der Waals surface area contributed by atoms with Crippen LogP contribution in [0.4, 0.5) is 0 Å². The maximum absolute atomic E-state index is 9.36. The van der Waals surface area contributed by atoms with Crippen LogP contribution in [0.2, 0.25) is 0 Å². The Kier molecular flexibility index (Phi) is 3.40. The van der Waals surface area contributed by atoms with E-state index in [9.17, 15) is 5.26 Å². The van der Waals surface area contributed by atoms with E-state index >= 15 is 0 Å². The van der Waals surface area contributed by atoms with Crippen molar-refractivity contribution in [2.75, 3.05) is 0 Å². The van der Waals surface area contributed by atoms with Crippen LogP contribution < -0.4 is 0 Å². The van der Waals surface area contributed by atoms with Crippen LogP contribution in [0.3, 0.4) is 0 Å². The molecule has 2 rings (SSSR count). The molecular formula is C17H18N2. The minimum atomic E-state index is -0.0255. The molecule has 0 bridgehead atoms. The fourth-order valence-corrected chi connectivity index (χ4v) is 2.04. The second-order valence-electron chi connectivity index (χ2n) is 5.74. The van der Waals surface area contributed by atoms with Gasteiger partial charge in [0.1, 0.15) is 6.07 Å². The monoisotopic (exact) mass is 250 g/mol. The summed E-state index contributed by atoms with van der Waals surface area (Å²) in [7, 11) is 0. The Labute approximate surface area is 114 Å². The van der Waals surface area contributed by atoms with Crippen LogP contribution >= 0.6 is 0 Å². The van der Waals surface area contributed by atoms with Gasteiger partial charge in [-0.25, -0.2) is 0 Å². The van der Waals surface area contributed by atoms with Crippen molar-refractivity contribution < 1.29 is 0 Å². The number of benzene rings is 1. The average molecular weight is 250 g/mol. The zero-order valence-electron chi connectivity index (χ0n) is 11.9. The van der Waals surface area contributed by atoms with Gasteiger partial charge in [-0.1, -0.05) is 51.1 Å². The van der Waals surface area contributed by atoms with Gasteiger partial charge in [-0.05, 0) is 18.6 Å². The van der Waals surface area contributed by atoms with E-state index in [1.54, 1.807) is 0 Å². The Morgan fingerprint density at radius 1 is 1.11 bits per heavy atom. The third-order valence-corrected chi connectivity index (χ3v) is 3.17. The minimum absolute atomic E-state index is 0.0255. The smallest absolute Gasteiger partial charge is 0.102 e. The predicted octanol–water partition coefficient (Wildman–Crippen LogP) is 4.23. The fourth-order valence-electron chi connectivity index (χ4n) is 2.04. The lowest BCUT2D eigenvalue weighted by Crippen LogP contribution is -2.15. The summed E-state index contributed by atoms with van der Waals surface area (Å²) >= 11 is 0. The van der Waals surface area contributed by atoms with E-state index in [1.807, 2.05) is 43.3 Å². The first-order valence-corrected chi connectivity index (χ1v) is 6.41. The number of hydrogen-bond donors (Lipinski definition) is 0. The lowest BCUT2D eigenvalue weighted by molar-refractivity contribution is 0.567. The summed E-state index contributed by atoms with van der Waals surface area (Å²) in [5.41, 5.74) is 4.49. The summed E-state index contributed by atoms with van der Waals surface area (Å²) in [4.78, 5) is 4.58. The summed E-state index contributed by atoms with van der Waals surface area (Å²) in [5, 5.41) is 9.36. The Morgan fingerprint density at radius 3 is 2.26 bits per heavy atom. The third kappa shape index (κ3) is 2.66. The molecule has 0 aliphatic rings. The summed E-state index contributed by atoms with van der Waals surface area (Å²) in [5.74, 6) is 0. The molecule has 0 fully saturated rings. The molecule has 0 saturated carbocycles. The topological polar surface area (TPSA) is 36.7 Å². The van der Waals surface area contributed by atoms with E-state index in [2.05, 4.69) is 31.8 Å². The van der Waals surface area contributed by atoms with Crippen LogP contribution in [0.25, 0.3) is 11.1 Å². The first kappa shape index (κ1) is 13.3. The Hall–Kier alpha value is -2.14. The first-order chi connectivity index (χ1) is 8.93. The van der Waals surface area contributed by atoms with Gasteiger partial charge in [0.05, 0.1) is 11.3 Å². The average Bonchev–Trinajstić information content (AvgIpc) is 2.37. The molecule has 2 aromatic rings. The standard InChI is InChI=1S/C17H18N2/c1-12-15(11-18)14(13-8-6-5-7-9-13)10-16(19-12)17(2,3)4/h5-10H,1-4H3. The molecule has 19 heavy (non-hydrogen) atoms. The van der Waals surface area contributed by atoms with Gasteiger partial charge in [0.2, 0.25) is 0 Å². The zero-order chi connectivity index (χ0) is 14.0. The van der Waals surface area contributed by atoms with Crippen LogP contribution in [0.15, 0.2) is 36.4 Å². The molecule has 0 aliphatic carbocycles. The summed E-state index contributed by atoms with van der Waals surface area (Å²) in [6.45, 7) is 8.31. The lowest BCUT2D eigenvalue weighted by Gasteiger charge is -2.20. The molecule has 0 atom stereocenters. The van der Waals surface area contributed by atoms with Gasteiger partial charge in [-0.3, -0.25) is 4.98 Å². The number of aromatic nitrogens is 1. The van der Waals surface area contributed by atoms with Crippen molar-refractivity contribution in [2.24, 2.45) is 0 Å². The van der Waals surface area contributed by atoms with Gasteiger partial charge < -0.3 is 0 Å². The van der Waals surface area contributed by atoms with Crippen LogP contribution in [0.5, 0.6) is 0 Å². The molecule has 0 unspecified atom stereocenters. The van der Waals surface area contributed by atoms with Gasteiger partial charge in [0.15, 0.2) is 0 Å². The molecule has 0 saturated heterocycles. The largest absolute Gasteiger partial charge is 0.256 e. The number of nitriles is 1. The maximum atomic E-state index is 9.36. The van der Waals surface area contributed by atoms with Gasteiger partial charge in [-0.2, -0.15) is 5.26 Å². The second kappa shape index (κ2) is 4.85. The normalized spacial score (nSPS) is 11.1. The van der Waals surface area contributed by atoms with Crippen molar-refractivity contribution in [2.45, 2.75) is 33.1 Å². The third-order valence-electron chi connectivity index (χ3n) is 3.17. The van der Waals surface area contributed by atoms with Crippen molar-refractivity contribution in [1.82, 2.24) is 4.98 Å². The number of pyridine rings is 1. The molecule has 2 heteroatoms. The van der Waals surface area contributed by atoms with E-state index in [0.717, 1.165) is 22.5 Å². The molecule has 1 aromatic carbocycles. The SMILES string of the molecule is Cc1nc(C(C)(C)C)cc(-c2ccccc2)c1C#N. The van der Waals surface area contributed by atoms with Gasteiger partial charge >= 0.3 is 0 Å². The highest BCUT2D eigenvalue weighted by molar-refractivity contribution is 5.71. The summed E-state index contributed by atoms with van der Waals surface area (Å²) in [6, 6.07) is 14.3. The van der Waals surface area contributed by atoms with Gasteiger partial charge in [0, 0.05) is 16.7 Å². The Bertz CT molecular complexity index is 629. The van der Waals surface area contributed by atoms with E-state index in [0.29, 0.717) is 5.56 Å². The Balaban J connectivity index is 2.72. The quantitative estimate of drug-likeness (QED) is 0.759. The zero-order valence-corrected chi connectivity index (χ0v) is 11.9. The van der Waals surface area contributed by atoms with Crippen molar-refractivity contribution in [3.63, 3.8) is 0 Å². The van der Waals surface area contributed by atoms with Crippen LogP contribution in [-0.4, -0.2) is 4.98 Å². The lowest BCUT2D eigenvalue weighted by atomic mass is 9.88. The minimum Gasteiger partial charge on any atom is -0.256 e. The molecule has 2 nitrogen and oxygen atoms in total. The highest BCUT2D eigenvalue weighted by Gasteiger charge is 2.19. The van der Waals surface area contributed by atoms with Crippen LogP contribution in [0.1, 0.15) is 37.7 Å². The van der Waals surface area contributed by atoms with Crippen molar-refractivity contribution >= 4 is 0 Å². The molecule has 1 heterocycles. The van der Waals surface area contributed by atoms with E-state index in [-0.39, 0.29) is 5.41 Å². The number of hydrogen-bond acceptors (Lipinski definition) is 2. The molecule has 1 aromatic heterocycles. The molecule has 0 N–H and O–H groups in total. The molecule has 0 amide bonds. The van der Waals surface area contributed by atoms with E-state index in [4.69, 9.17) is 0 Å². The molecular weight excluding hydrogens is 232 g/mol. The van der Waals surface area contributed by atoms with E-state index < -0.39 is 0 Å². The summed E-state index contributed by atoms with van der Waals surface area (Å²) < 4.78 is 0. The molecule has 0 aliphatic heterocycles. The van der Waals surface area contributed by atoms with Gasteiger partial charge in [-0.15, -0.1) is 0 Å².